The second-order valence-corrected chi connectivity index (χ2v) is 9.05. The van der Waals surface area contributed by atoms with Crippen LogP contribution in [0.1, 0.15) is 11.1 Å². The van der Waals surface area contributed by atoms with Crippen molar-refractivity contribution in [1.82, 2.24) is 0 Å². The Morgan fingerprint density at radius 1 is 0.632 bits per heavy atom. The average molecular weight is 317 g/mol. The van der Waals surface area contributed by atoms with E-state index in [-0.39, 0.29) is 10.6 Å². The molecule has 2 aromatic carbocycles. The Labute approximate surface area is 114 Å². The van der Waals surface area contributed by atoms with Gasteiger partial charge in [-0.25, -0.2) is 0 Å². The minimum atomic E-state index is -3.79. The molecule has 0 saturated carbocycles. The molecule has 0 N–H and O–H groups in total. The zero-order chi connectivity index (χ0) is 13.3. The van der Waals surface area contributed by atoms with Gasteiger partial charge < -0.3 is 0 Å². The molecular weight excluding hydrogens is 303 g/mol. The molecular formula is C16H14O2Se. The van der Waals surface area contributed by atoms with Gasteiger partial charge in [0.1, 0.15) is 0 Å². The molecule has 0 unspecified atom stereocenters. The molecule has 3 rings (SSSR count). The molecule has 0 spiro atoms. The maximum atomic E-state index is 12.0. The maximum absolute atomic E-state index is 12.0. The summed E-state index contributed by atoms with van der Waals surface area (Å²) < 4.78 is 24.1. The van der Waals surface area contributed by atoms with E-state index in [2.05, 4.69) is 0 Å². The second-order valence-electron chi connectivity index (χ2n) is 4.72. The van der Waals surface area contributed by atoms with Crippen LogP contribution in [-0.2, 0) is 7.67 Å². The van der Waals surface area contributed by atoms with E-state index in [4.69, 9.17) is 0 Å². The van der Waals surface area contributed by atoms with Crippen LogP contribution < -0.4 is 0 Å². The van der Waals surface area contributed by atoms with Gasteiger partial charge in [-0.2, -0.15) is 0 Å². The summed E-state index contributed by atoms with van der Waals surface area (Å²) in [6, 6.07) is 19.6. The Kier molecular flexibility index (Phi) is 3.09. The average Bonchev–Trinajstić information content (AvgIpc) is 2.77. The Balaban J connectivity index is 2.16. The van der Waals surface area contributed by atoms with Crippen LogP contribution in [0.5, 0.6) is 0 Å². The summed E-state index contributed by atoms with van der Waals surface area (Å²) in [5.41, 5.74) is 3.98. The predicted octanol–water partition coefficient (Wildman–Crippen LogP) is 3.91. The van der Waals surface area contributed by atoms with Gasteiger partial charge in [0.05, 0.1) is 0 Å². The second kappa shape index (κ2) is 4.76. The van der Waals surface area contributed by atoms with E-state index < -0.39 is 12.7 Å². The van der Waals surface area contributed by atoms with Crippen LogP contribution in [0, 0.1) is 0 Å². The SMILES string of the molecule is O=[Se]1(=O)CC(c2ccccc2)=C(c2ccccc2)C1. The first-order valence-electron chi connectivity index (χ1n) is 6.19. The first kappa shape index (κ1) is 12.3. The standard InChI is InChI=1S/C16H14O2Se/c17-19(18)11-15(13-7-3-1-4-8-13)16(12-19)14-9-5-2-6-10-14/h1-10H,11-12H2. The fraction of sp³-hybridized carbons (Fsp3) is 0.125. The van der Waals surface area contributed by atoms with E-state index in [0.29, 0.717) is 0 Å². The molecule has 0 bridgehead atoms. The molecule has 2 aromatic rings. The van der Waals surface area contributed by atoms with Crippen molar-refractivity contribution in [3.05, 3.63) is 71.8 Å². The monoisotopic (exact) mass is 318 g/mol. The van der Waals surface area contributed by atoms with Crippen molar-refractivity contribution in [2.75, 3.05) is 0 Å². The van der Waals surface area contributed by atoms with Crippen LogP contribution in [0.3, 0.4) is 0 Å². The van der Waals surface area contributed by atoms with Crippen molar-refractivity contribution in [1.29, 1.82) is 0 Å². The molecule has 1 aliphatic heterocycles. The van der Waals surface area contributed by atoms with E-state index in [1.807, 2.05) is 60.7 Å². The normalized spacial score (nSPS) is 17.7. The summed E-state index contributed by atoms with van der Waals surface area (Å²) in [6.07, 6.45) is 0. The summed E-state index contributed by atoms with van der Waals surface area (Å²) in [6.45, 7) is 0. The van der Waals surface area contributed by atoms with Crippen LogP contribution in [0.2, 0.25) is 10.6 Å². The number of hydrogen-bond acceptors (Lipinski definition) is 2. The molecule has 19 heavy (non-hydrogen) atoms. The number of allylic oxidation sites excluding steroid dienone is 2. The fourth-order valence-electron chi connectivity index (χ4n) is 2.46. The molecule has 0 amide bonds. The van der Waals surface area contributed by atoms with Crippen molar-refractivity contribution in [3.63, 3.8) is 0 Å². The summed E-state index contributed by atoms with van der Waals surface area (Å²) in [5, 5.41) is 0.426. The Morgan fingerprint density at radius 2 is 1.00 bits per heavy atom. The van der Waals surface area contributed by atoms with Gasteiger partial charge in [-0.05, 0) is 0 Å². The van der Waals surface area contributed by atoms with Gasteiger partial charge in [0.2, 0.25) is 0 Å². The van der Waals surface area contributed by atoms with E-state index in [1.165, 1.54) is 0 Å². The zero-order valence-electron chi connectivity index (χ0n) is 10.4. The van der Waals surface area contributed by atoms with Gasteiger partial charge in [0, 0.05) is 0 Å². The van der Waals surface area contributed by atoms with Crippen molar-refractivity contribution in [2.24, 2.45) is 0 Å². The van der Waals surface area contributed by atoms with Crippen molar-refractivity contribution in [2.45, 2.75) is 10.6 Å². The Hall–Kier alpha value is -1.70. The molecule has 0 radical (unpaired) electrons. The van der Waals surface area contributed by atoms with E-state index >= 15 is 0 Å². The molecule has 96 valence electrons. The summed E-state index contributed by atoms with van der Waals surface area (Å²) >= 11 is -3.79. The fourth-order valence-corrected chi connectivity index (χ4v) is 5.95. The molecule has 0 atom stereocenters. The molecule has 1 heterocycles. The Bertz CT molecular complexity index is 656. The molecule has 0 aromatic heterocycles. The molecule has 0 fully saturated rings. The van der Waals surface area contributed by atoms with Crippen molar-refractivity contribution >= 4 is 23.9 Å². The quantitative estimate of drug-likeness (QED) is 0.787. The van der Waals surface area contributed by atoms with Gasteiger partial charge >= 0.3 is 114 Å². The van der Waals surface area contributed by atoms with Crippen molar-refractivity contribution in [3.8, 4) is 0 Å². The number of hydrogen-bond donors (Lipinski definition) is 0. The molecule has 2 nitrogen and oxygen atoms in total. The van der Waals surface area contributed by atoms with E-state index in [9.17, 15) is 7.67 Å². The number of benzene rings is 2. The van der Waals surface area contributed by atoms with Gasteiger partial charge in [0.15, 0.2) is 0 Å². The third-order valence-corrected chi connectivity index (χ3v) is 6.39. The Morgan fingerprint density at radius 3 is 1.37 bits per heavy atom. The number of rotatable bonds is 2. The van der Waals surface area contributed by atoms with Crippen LogP contribution in [0.4, 0.5) is 0 Å². The predicted molar refractivity (Wildman–Crippen MR) is 76.4 cm³/mol. The summed E-state index contributed by atoms with van der Waals surface area (Å²) in [7, 11) is 0. The summed E-state index contributed by atoms with van der Waals surface area (Å²) in [5.74, 6) is 0. The third kappa shape index (κ3) is 2.53. The van der Waals surface area contributed by atoms with Crippen LogP contribution in [-0.4, -0.2) is 12.7 Å². The van der Waals surface area contributed by atoms with Crippen LogP contribution in [0.15, 0.2) is 60.7 Å². The molecule has 0 aliphatic carbocycles. The van der Waals surface area contributed by atoms with Crippen LogP contribution >= 0.6 is 0 Å². The molecule has 1 aliphatic rings. The third-order valence-electron chi connectivity index (χ3n) is 3.34. The van der Waals surface area contributed by atoms with E-state index in [1.54, 1.807) is 0 Å². The van der Waals surface area contributed by atoms with Gasteiger partial charge in [-0.3, -0.25) is 0 Å². The van der Waals surface area contributed by atoms with Gasteiger partial charge in [0.25, 0.3) is 0 Å². The van der Waals surface area contributed by atoms with Gasteiger partial charge in [-0.1, -0.05) is 0 Å². The van der Waals surface area contributed by atoms with Crippen LogP contribution in [0.25, 0.3) is 11.1 Å². The van der Waals surface area contributed by atoms with Crippen molar-refractivity contribution < 1.29 is 7.67 Å². The topological polar surface area (TPSA) is 34.1 Å². The molecule has 0 saturated heterocycles. The molecule has 3 heteroatoms. The first-order chi connectivity index (χ1) is 9.16. The first-order valence-corrected chi connectivity index (χ1v) is 10.0. The van der Waals surface area contributed by atoms with E-state index in [0.717, 1.165) is 22.3 Å². The summed E-state index contributed by atoms with van der Waals surface area (Å²) in [4.78, 5) is 0. The minimum absolute atomic E-state index is 0.213. The zero-order valence-corrected chi connectivity index (χ0v) is 12.1. The van der Waals surface area contributed by atoms with Gasteiger partial charge in [-0.15, -0.1) is 0 Å².